The van der Waals surface area contributed by atoms with E-state index in [0.717, 1.165) is 16.5 Å². The van der Waals surface area contributed by atoms with Crippen LogP contribution < -0.4 is 4.74 Å². The number of benzene rings is 2. The predicted molar refractivity (Wildman–Crippen MR) is 107 cm³/mol. The number of rotatable bonds is 6. The summed E-state index contributed by atoms with van der Waals surface area (Å²) in [6.45, 7) is 0.127. The number of hydrogen-bond donors (Lipinski definition) is 1. The van der Waals surface area contributed by atoms with Gasteiger partial charge in [-0.15, -0.1) is 17.4 Å². The summed E-state index contributed by atoms with van der Waals surface area (Å²) < 4.78 is 5.39. The van der Waals surface area contributed by atoms with Gasteiger partial charge in [0.1, 0.15) is 23.4 Å². The van der Waals surface area contributed by atoms with E-state index in [2.05, 4.69) is 11.8 Å². The first-order valence-electron chi connectivity index (χ1n) is 8.16. The van der Waals surface area contributed by atoms with Crippen LogP contribution in [0, 0.1) is 12.3 Å². The van der Waals surface area contributed by atoms with Crippen LogP contribution in [0.4, 0.5) is 0 Å². The molecule has 1 atom stereocenters. The van der Waals surface area contributed by atoms with Crippen molar-refractivity contribution in [3.63, 3.8) is 0 Å². The monoisotopic (exact) mass is 379 g/mol. The number of carbonyl (C=O) groups is 2. The largest absolute Gasteiger partial charge is 0.481 e. The van der Waals surface area contributed by atoms with Crippen molar-refractivity contribution >= 4 is 33.7 Å². The second-order valence-electron chi connectivity index (χ2n) is 5.87. The van der Waals surface area contributed by atoms with Crippen LogP contribution in [-0.2, 0) is 11.2 Å². The SMILES string of the molecule is C#CCOc1cccc(CC(C(=O)O)N2C(=O)c3ccccc3C2=S=C)c1. The predicted octanol–water partition coefficient (Wildman–Crippen LogP) is 2.49. The third kappa shape index (κ3) is 3.64. The number of terminal acetylenes is 1. The van der Waals surface area contributed by atoms with Gasteiger partial charge in [0.05, 0.1) is 5.56 Å². The minimum absolute atomic E-state index is 0.127. The van der Waals surface area contributed by atoms with Gasteiger partial charge in [-0.25, -0.2) is 4.79 Å². The molecule has 2 aromatic carbocycles. The highest BCUT2D eigenvalue weighted by Crippen LogP contribution is 2.28. The molecule has 0 saturated carbocycles. The molecule has 0 bridgehead atoms. The number of aliphatic carboxylic acids is 1. The molecule has 6 heteroatoms. The quantitative estimate of drug-likeness (QED) is 0.619. The molecule has 5 nitrogen and oxygen atoms in total. The minimum atomic E-state index is -1.09. The zero-order valence-corrected chi connectivity index (χ0v) is 15.2. The lowest BCUT2D eigenvalue weighted by Crippen LogP contribution is -2.46. The normalized spacial score (nSPS) is 13.7. The lowest BCUT2D eigenvalue weighted by Gasteiger charge is -2.25. The Balaban J connectivity index is 1.94. The maximum atomic E-state index is 12.9. The lowest BCUT2D eigenvalue weighted by molar-refractivity contribution is -0.141. The topological polar surface area (TPSA) is 66.8 Å². The molecule has 1 aliphatic rings. The molecule has 0 saturated heterocycles. The van der Waals surface area contributed by atoms with Crippen molar-refractivity contribution in [2.45, 2.75) is 12.5 Å². The minimum Gasteiger partial charge on any atom is -0.481 e. The molecule has 1 N–H and O–H groups in total. The molecular formula is C21H17NO4S. The average molecular weight is 379 g/mol. The summed E-state index contributed by atoms with van der Waals surface area (Å²) in [4.78, 5) is 26.7. The van der Waals surface area contributed by atoms with E-state index >= 15 is 0 Å². The molecule has 0 radical (unpaired) electrons. The van der Waals surface area contributed by atoms with Crippen LogP contribution >= 0.6 is 10.9 Å². The summed E-state index contributed by atoms with van der Waals surface area (Å²) in [5.41, 5.74) is 1.93. The van der Waals surface area contributed by atoms with Gasteiger partial charge in [-0.3, -0.25) is 9.69 Å². The number of nitrogens with zero attached hydrogens (tertiary/aromatic N) is 1. The molecule has 1 aliphatic heterocycles. The van der Waals surface area contributed by atoms with Crippen molar-refractivity contribution in [1.29, 1.82) is 0 Å². The average Bonchev–Trinajstić information content (AvgIpc) is 2.96. The number of ether oxygens (including phenoxy) is 1. The smallest absolute Gasteiger partial charge is 0.327 e. The van der Waals surface area contributed by atoms with E-state index in [1.54, 1.807) is 42.5 Å². The number of carboxylic acids is 1. The van der Waals surface area contributed by atoms with Gasteiger partial charge < -0.3 is 9.84 Å². The Hall–Kier alpha value is -3.30. The van der Waals surface area contributed by atoms with E-state index < -0.39 is 12.0 Å². The molecule has 0 spiro atoms. The Morgan fingerprint density at radius 2 is 2.00 bits per heavy atom. The third-order valence-electron chi connectivity index (χ3n) is 4.21. The summed E-state index contributed by atoms with van der Waals surface area (Å²) in [6, 6.07) is 13.0. The highest BCUT2D eigenvalue weighted by molar-refractivity contribution is 7.96. The summed E-state index contributed by atoms with van der Waals surface area (Å²) in [5.74, 6) is 5.33. The Labute approximate surface area is 160 Å². The number of fused-ring (bicyclic) bond motifs is 1. The first kappa shape index (κ1) is 18.5. The van der Waals surface area contributed by atoms with Crippen LogP contribution in [0.15, 0.2) is 48.5 Å². The number of carbonyl (C=O) groups excluding carboxylic acids is 1. The molecule has 136 valence electrons. The fourth-order valence-electron chi connectivity index (χ4n) is 3.04. The van der Waals surface area contributed by atoms with Gasteiger partial charge in [0, 0.05) is 12.0 Å². The van der Waals surface area contributed by atoms with Crippen molar-refractivity contribution in [3.05, 3.63) is 65.2 Å². The maximum absolute atomic E-state index is 12.9. The Bertz CT molecular complexity index is 1000. The highest BCUT2D eigenvalue weighted by atomic mass is 32.1. The summed E-state index contributed by atoms with van der Waals surface area (Å²) in [5, 5.41) is 9.82. The molecule has 27 heavy (non-hydrogen) atoms. The van der Waals surface area contributed by atoms with Gasteiger partial charge in [0.25, 0.3) is 5.91 Å². The van der Waals surface area contributed by atoms with E-state index in [0.29, 0.717) is 21.9 Å². The molecule has 1 heterocycles. The summed E-state index contributed by atoms with van der Waals surface area (Å²) in [6.07, 6.45) is 5.33. The van der Waals surface area contributed by atoms with E-state index in [9.17, 15) is 14.7 Å². The Morgan fingerprint density at radius 1 is 1.26 bits per heavy atom. The van der Waals surface area contributed by atoms with E-state index in [1.807, 2.05) is 6.07 Å². The van der Waals surface area contributed by atoms with Crippen LogP contribution in [0.25, 0.3) is 0 Å². The first-order chi connectivity index (χ1) is 13.1. The van der Waals surface area contributed by atoms with Gasteiger partial charge in [-0.1, -0.05) is 36.3 Å². The van der Waals surface area contributed by atoms with Gasteiger partial charge in [-0.05, 0) is 29.6 Å². The second kappa shape index (κ2) is 7.94. The molecule has 1 amide bonds. The van der Waals surface area contributed by atoms with Crippen LogP contribution in [0.2, 0.25) is 0 Å². The summed E-state index contributed by atoms with van der Waals surface area (Å²) in [7, 11) is 1.12. The molecule has 0 aliphatic carbocycles. The third-order valence-corrected chi connectivity index (χ3v) is 4.90. The maximum Gasteiger partial charge on any atom is 0.327 e. The lowest BCUT2D eigenvalue weighted by atomic mass is 10.0. The molecular weight excluding hydrogens is 362 g/mol. The number of hydrogen-bond acceptors (Lipinski definition) is 3. The zero-order valence-electron chi connectivity index (χ0n) is 14.4. The van der Waals surface area contributed by atoms with Crippen molar-refractivity contribution in [1.82, 2.24) is 4.90 Å². The van der Waals surface area contributed by atoms with Crippen molar-refractivity contribution in [3.8, 4) is 18.1 Å². The molecule has 0 fully saturated rings. The highest BCUT2D eigenvalue weighted by Gasteiger charge is 2.40. The second-order valence-corrected chi connectivity index (χ2v) is 6.54. The van der Waals surface area contributed by atoms with E-state index in [1.165, 1.54) is 4.90 Å². The number of amides is 1. The Kier molecular flexibility index (Phi) is 5.43. The van der Waals surface area contributed by atoms with Gasteiger partial charge >= 0.3 is 5.97 Å². The van der Waals surface area contributed by atoms with Crippen LogP contribution in [0.3, 0.4) is 0 Å². The van der Waals surface area contributed by atoms with Crippen LogP contribution in [-0.4, -0.2) is 45.4 Å². The summed E-state index contributed by atoms with van der Waals surface area (Å²) >= 11 is 0. The van der Waals surface area contributed by atoms with E-state index in [-0.39, 0.29) is 18.9 Å². The van der Waals surface area contributed by atoms with Crippen molar-refractivity contribution in [2.24, 2.45) is 0 Å². The van der Waals surface area contributed by atoms with Gasteiger partial charge in [0.15, 0.2) is 0 Å². The Morgan fingerprint density at radius 3 is 2.67 bits per heavy atom. The fraction of sp³-hybridized carbons (Fsp3) is 0.143. The number of carboxylic acid groups (broad SMARTS) is 1. The van der Waals surface area contributed by atoms with Crippen LogP contribution in [0.1, 0.15) is 21.5 Å². The molecule has 0 aromatic heterocycles. The van der Waals surface area contributed by atoms with Gasteiger partial charge in [0.2, 0.25) is 0 Å². The standard InChI is InChI=1S/C21H17NO4S/c1-3-11-26-15-8-6-7-14(12-15)13-18(21(24)25)22-19(23)16-9-4-5-10-17(16)20(22)27-2/h1,4-10,12,18H,2,11,13H2,(H,24,25). The van der Waals surface area contributed by atoms with Crippen molar-refractivity contribution in [2.75, 3.05) is 6.61 Å². The molecule has 3 rings (SSSR count). The fourth-order valence-corrected chi connectivity index (χ4v) is 3.72. The zero-order chi connectivity index (χ0) is 19.4. The first-order valence-corrected chi connectivity index (χ1v) is 9.15. The molecule has 2 aromatic rings. The molecule has 1 unspecified atom stereocenters. The van der Waals surface area contributed by atoms with Gasteiger partial charge in [-0.2, -0.15) is 0 Å². The van der Waals surface area contributed by atoms with Crippen molar-refractivity contribution < 1.29 is 19.4 Å². The van der Waals surface area contributed by atoms with E-state index in [4.69, 9.17) is 11.2 Å². The van der Waals surface area contributed by atoms with Crippen LogP contribution in [0.5, 0.6) is 5.75 Å².